The first-order valence-corrected chi connectivity index (χ1v) is 9.73. The van der Waals surface area contributed by atoms with E-state index in [1.165, 1.54) is 11.3 Å². The maximum Gasteiger partial charge on any atom is 0.295 e. The molecular weight excluding hydrogens is 382 g/mol. The van der Waals surface area contributed by atoms with E-state index < -0.39 is 11.7 Å². The molecule has 152 valence electrons. The van der Waals surface area contributed by atoms with Crippen LogP contribution in [-0.2, 0) is 4.79 Å². The monoisotopic (exact) mass is 403 g/mol. The molecule has 0 bridgehead atoms. The van der Waals surface area contributed by atoms with Gasteiger partial charge >= 0.3 is 0 Å². The summed E-state index contributed by atoms with van der Waals surface area (Å²) in [6, 6.07) is 15.5. The molecule has 0 N–H and O–H groups in total. The minimum Gasteiger partial charge on any atom is -0.444 e. The van der Waals surface area contributed by atoms with Crippen LogP contribution >= 0.6 is 0 Å². The normalized spacial score (nSPS) is 16.4. The lowest BCUT2D eigenvalue weighted by molar-refractivity contribution is -0.130. The van der Waals surface area contributed by atoms with Gasteiger partial charge in [0.1, 0.15) is 0 Å². The Hall–Kier alpha value is -3.74. The van der Waals surface area contributed by atoms with E-state index in [2.05, 4.69) is 4.98 Å². The minimum absolute atomic E-state index is 0.0689. The van der Waals surface area contributed by atoms with Crippen molar-refractivity contribution in [2.75, 3.05) is 19.6 Å². The molecule has 1 fully saturated rings. The first-order chi connectivity index (χ1) is 14.5. The van der Waals surface area contributed by atoms with E-state index >= 15 is 0 Å². The predicted octanol–water partition coefficient (Wildman–Crippen LogP) is 2.90. The van der Waals surface area contributed by atoms with E-state index in [1.807, 2.05) is 25.1 Å². The van der Waals surface area contributed by atoms with Crippen LogP contribution in [0, 0.1) is 0 Å². The molecule has 7 heteroatoms. The van der Waals surface area contributed by atoms with Crippen LogP contribution in [0.15, 0.2) is 71.6 Å². The molecule has 1 atom stereocenters. The molecule has 3 aromatic rings. The van der Waals surface area contributed by atoms with Crippen molar-refractivity contribution in [1.29, 1.82) is 0 Å². The molecule has 0 saturated carbocycles. The largest absolute Gasteiger partial charge is 0.444 e. The molecule has 1 aliphatic heterocycles. The highest BCUT2D eigenvalue weighted by molar-refractivity contribution is 6.42. The van der Waals surface area contributed by atoms with Gasteiger partial charge in [-0.1, -0.05) is 36.4 Å². The first kappa shape index (κ1) is 19.6. The maximum absolute atomic E-state index is 12.9. The number of carbonyl (C=O) groups excluding carboxylic acids is 3. The quantitative estimate of drug-likeness (QED) is 0.494. The van der Waals surface area contributed by atoms with Crippen LogP contribution in [0.1, 0.15) is 27.6 Å². The summed E-state index contributed by atoms with van der Waals surface area (Å²) in [5.41, 5.74) is 1.59. The number of ketones is 1. The van der Waals surface area contributed by atoms with Crippen LogP contribution in [0.25, 0.3) is 11.3 Å². The fraction of sp³-hybridized carbons (Fsp3) is 0.217. The number of hydrogen-bond donors (Lipinski definition) is 0. The molecule has 0 radical (unpaired) electrons. The number of benzene rings is 2. The number of nitrogens with zero attached hydrogens (tertiary/aromatic N) is 3. The minimum atomic E-state index is -0.578. The van der Waals surface area contributed by atoms with Gasteiger partial charge in [-0.05, 0) is 25.1 Å². The number of carbonyl (C=O) groups is 3. The Morgan fingerprint density at radius 2 is 1.77 bits per heavy atom. The van der Waals surface area contributed by atoms with Crippen molar-refractivity contribution in [3.63, 3.8) is 0 Å². The van der Waals surface area contributed by atoms with Crippen LogP contribution in [0.2, 0.25) is 0 Å². The summed E-state index contributed by atoms with van der Waals surface area (Å²) in [5, 5.41) is 0. The fourth-order valence-corrected chi connectivity index (χ4v) is 3.63. The van der Waals surface area contributed by atoms with Gasteiger partial charge in [-0.2, -0.15) is 0 Å². The van der Waals surface area contributed by atoms with E-state index in [-0.39, 0.29) is 11.9 Å². The van der Waals surface area contributed by atoms with Gasteiger partial charge < -0.3 is 14.2 Å². The Bertz CT molecular complexity index is 1060. The van der Waals surface area contributed by atoms with E-state index in [4.69, 9.17) is 4.42 Å². The third-order valence-electron chi connectivity index (χ3n) is 5.23. The number of aromatic nitrogens is 1. The molecule has 1 aromatic heterocycles. The third kappa shape index (κ3) is 3.87. The zero-order valence-corrected chi connectivity index (χ0v) is 16.5. The molecule has 1 saturated heterocycles. The standard InChI is InChI=1S/C23H21N3O4/c1-16-14-25(22(28)17-6-3-2-4-7-17)10-11-26(16)23(29)21(27)19-9-5-8-18(12-19)20-13-24-15-30-20/h2-9,12-13,15-16H,10-11,14H2,1H3/t16-/m1/s1. The SMILES string of the molecule is C[C@@H]1CN(C(=O)c2ccccc2)CCN1C(=O)C(=O)c1cccc(-c2cnco2)c1. The summed E-state index contributed by atoms with van der Waals surface area (Å²) < 4.78 is 5.26. The van der Waals surface area contributed by atoms with Gasteiger partial charge in [-0.3, -0.25) is 14.4 Å². The number of oxazole rings is 1. The molecule has 7 nitrogen and oxygen atoms in total. The smallest absolute Gasteiger partial charge is 0.295 e. The summed E-state index contributed by atoms with van der Waals surface area (Å²) in [6.07, 6.45) is 2.86. The number of rotatable bonds is 4. The van der Waals surface area contributed by atoms with Crippen LogP contribution in [0.4, 0.5) is 0 Å². The van der Waals surface area contributed by atoms with Gasteiger partial charge in [0.05, 0.1) is 6.20 Å². The third-order valence-corrected chi connectivity index (χ3v) is 5.23. The van der Waals surface area contributed by atoms with Crippen LogP contribution in [-0.4, -0.2) is 58.1 Å². The van der Waals surface area contributed by atoms with Crippen molar-refractivity contribution in [1.82, 2.24) is 14.8 Å². The number of piperazine rings is 1. The summed E-state index contributed by atoms with van der Waals surface area (Å²) in [7, 11) is 0. The summed E-state index contributed by atoms with van der Waals surface area (Å²) in [4.78, 5) is 45.5. The van der Waals surface area contributed by atoms with Gasteiger partial charge in [0.15, 0.2) is 12.2 Å². The lowest BCUT2D eigenvalue weighted by atomic mass is 10.0. The van der Waals surface area contributed by atoms with Crippen molar-refractivity contribution in [3.05, 3.63) is 78.3 Å². The molecule has 2 amide bonds. The van der Waals surface area contributed by atoms with E-state index in [0.29, 0.717) is 42.1 Å². The van der Waals surface area contributed by atoms with Gasteiger partial charge in [0, 0.05) is 42.4 Å². The molecule has 30 heavy (non-hydrogen) atoms. The maximum atomic E-state index is 12.9. The van der Waals surface area contributed by atoms with Crippen molar-refractivity contribution in [2.45, 2.75) is 13.0 Å². The Labute approximate surface area is 173 Å². The molecule has 4 rings (SSSR count). The van der Waals surface area contributed by atoms with Crippen molar-refractivity contribution >= 4 is 17.6 Å². The summed E-state index contributed by atoms with van der Waals surface area (Å²) in [5.74, 6) is -0.686. The highest BCUT2D eigenvalue weighted by Crippen LogP contribution is 2.21. The zero-order chi connectivity index (χ0) is 21.1. The van der Waals surface area contributed by atoms with Crippen LogP contribution in [0.5, 0.6) is 0 Å². The summed E-state index contributed by atoms with van der Waals surface area (Å²) in [6.45, 7) is 2.92. The molecule has 0 spiro atoms. The molecule has 1 aliphatic rings. The van der Waals surface area contributed by atoms with Crippen LogP contribution in [0.3, 0.4) is 0 Å². The topological polar surface area (TPSA) is 83.7 Å². The Morgan fingerprint density at radius 3 is 2.47 bits per heavy atom. The molecule has 2 heterocycles. The lowest BCUT2D eigenvalue weighted by Gasteiger charge is -2.39. The van der Waals surface area contributed by atoms with Crippen LogP contribution < -0.4 is 0 Å². The van der Waals surface area contributed by atoms with Gasteiger partial charge in [0.2, 0.25) is 5.78 Å². The predicted molar refractivity (Wildman–Crippen MR) is 110 cm³/mol. The number of Topliss-reactive ketones (excluding diaryl/α,β-unsaturated/α-hetero) is 1. The average molecular weight is 403 g/mol. The second-order valence-corrected chi connectivity index (χ2v) is 7.24. The Morgan fingerprint density at radius 1 is 1.00 bits per heavy atom. The van der Waals surface area contributed by atoms with E-state index in [9.17, 15) is 14.4 Å². The number of hydrogen-bond acceptors (Lipinski definition) is 5. The van der Waals surface area contributed by atoms with Crippen molar-refractivity contribution in [2.24, 2.45) is 0 Å². The van der Waals surface area contributed by atoms with E-state index in [1.54, 1.807) is 47.5 Å². The average Bonchev–Trinajstić information content (AvgIpc) is 3.33. The first-order valence-electron chi connectivity index (χ1n) is 9.73. The zero-order valence-electron chi connectivity index (χ0n) is 16.5. The molecular formula is C23H21N3O4. The highest BCUT2D eigenvalue weighted by Gasteiger charge is 2.33. The molecule has 0 aliphatic carbocycles. The van der Waals surface area contributed by atoms with Crippen molar-refractivity contribution < 1.29 is 18.8 Å². The second-order valence-electron chi connectivity index (χ2n) is 7.24. The van der Waals surface area contributed by atoms with Crippen molar-refractivity contribution in [3.8, 4) is 11.3 Å². The molecule has 0 unspecified atom stereocenters. The second kappa shape index (κ2) is 8.32. The lowest BCUT2D eigenvalue weighted by Crippen LogP contribution is -2.56. The highest BCUT2D eigenvalue weighted by atomic mass is 16.3. The number of amides is 2. The van der Waals surface area contributed by atoms with E-state index in [0.717, 1.165) is 0 Å². The Balaban J connectivity index is 1.45. The van der Waals surface area contributed by atoms with Gasteiger partial charge in [-0.25, -0.2) is 4.98 Å². The van der Waals surface area contributed by atoms with Gasteiger partial charge in [0.25, 0.3) is 11.8 Å². The summed E-state index contributed by atoms with van der Waals surface area (Å²) >= 11 is 0. The Kier molecular flexibility index (Phi) is 5.43. The molecule has 2 aromatic carbocycles. The fourth-order valence-electron chi connectivity index (χ4n) is 3.63. The van der Waals surface area contributed by atoms with Gasteiger partial charge in [-0.15, -0.1) is 0 Å².